The summed E-state index contributed by atoms with van der Waals surface area (Å²) in [5.41, 5.74) is 9.90. The molecule has 9 nitrogen and oxygen atoms in total. The first-order valence-corrected chi connectivity index (χ1v) is 9.49. The summed E-state index contributed by atoms with van der Waals surface area (Å²) < 4.78 is 14.7. The summed E-state index contributed by atoms with van der Waals surface area (Å²) in [6.45, 7) is 0.0315. The third-order valence-corrected chi connectivity index (χ3v) is 4.84. The number of halogens is 1. The van der Waals surface area contributed by atoms with Crippen LogP contribution in [-0.4, -0.2) is 35.4 Å². The topological polar surface area (TPSA) is 127 Å². The Hall–Kier alpha value is -4.34. The van der Waals surface area contributed by atoms with Gasteiger partial charge in [-0.1, -0.05) is 12.1 Å². The summed E-state index contributed by atoms with van der Waals surface area (Å²) in [7, 11) is 0. The van der Waals surface area contributed by atoms with E-state index in [1.807, 2.05) is 12.1 Å². The molecule has 0 bridgehead atoms. The second kappa shape index (κ2) is 7.48. The normalized spacial score (nSPS) is 11.3. The fourth-order valence-corrected chi connectivity index (χ4v) is 3.39. The molecule has 31 heavy (non-hydrogen) atoms. The summed E-state index contributed by atoms with van der Waals surface area (Å²) in [6.07, 6.45) is 3.40. The van der Waals surface area contributed by atoms with Gasteiger partial charge in [-0.25, -0.2) is 24.3 Å². The van der Waals surface area contributed by atoms with E-state index in [0.29, 0.717) is 23.3 Å². The third-order valence-electron chi connectivity index (χ3n) is 4.84. The van der Waals surface area contributed by atoms with Crippen molar-refractivity contribution in [3.8, 4) is 0 Å². The maximum absolute atomic E-state index is 13.1. The van der Waals surface area contributed by atoms with Gasteiger partial charge in [0.25, 0.3) is 0 Å². The van der Waals surface area contributed by atoms with E-state index in [0.717, 1.165) is 22.4 Å². The van der Waals surface area contributed by atoms with Crippen LogP contribution in [-0.2, 0) is 17.8 Å². The number of nitrogens with zero attached hydrogens (tertiary/aromatic N) is 5. The predicted molar refractivity (Wildman–Crippen MR) is 114 cm³/mol. The molecule has 0 spiro atoms. The number of aromatic nitrogens is 6. The molecule has 0 saturated heterocycles. The highest BCUT2D eigenvalue weighted by Crippen LogP contribution is 2.19. The van der Waals surface area contributed by atoms with Gasteiger partial charge in [0.15, 0.2) is 11.5 Å². The summed E-state index contributed by atoms with van der Waals surface area (Å²) in [6, 6.07) is 11.7. The van der Waals surface area contributed by atoms with E-state index >= 15 is 0 Å². The van der Waals surface area contributed by atoms with Crippen LogP contribution in [0, 0.1) is 5.82 Å². The summed E-state index contributed by atoms with van der Waals surface area (Å²) in [5.74, 6) is 0.521. The molecule has 0 unspecified atom stereocenters. The molecule has 0 fully saturated rings. The van der Waals surface area contributed by atoms with Gasteiger partial charge in [-0.05, 0) is 35.9 Å². The Bertz CT molecular complexity index is 1410. The molecule has 0 aliphatic carbocycles. The van der Waals surface area contributed by atoms with Gasteiger partial charge in [-0.2, -0.15) is 0 Å². The number of imidazole rings is 2. The van der Waals surface area contributed by atoms with Crippen LogP contribution in [0.1, 0.15) is 11.4 Å². The van der Waals surface area contributed by atoms with Crippen molar-refractivity contribution in [2.24, 2.45) is 0 Å². The number of nitrogens with two attached hydrogens (primary N) is 1. The number of rotatable bonds is 5. The SMILES string of the molecule is Nc1ncnc2c1ncn2CC(=O)Nc1ccc2nc(Cc3ccc(F)cc3)[nH]c2c1. The van der Waals surface area contributed by atoms with Crippen molar-refractivity contribution < 1.29 is 9.18 Å². The number of amides is 1. The Kier molecular flexibility index (Phi) is 4.51. The summed E-state index contributed by atoms with van der Waals surface area (Å²) >= 11 is 0. The van der Waals surface area contributed by atoms with Crippen molar-refractivity contribution in [2.45, 2.75) is 13.0 Å². The maximum Gasteiger partial charge on any atom is 0.244 e. The minimum absolute atomic E-state index is 0.0315. The van der Waals surface area contributed by atoms with E-state index in [1.54, 1.807) is 22.8 Å². The molecule has 154 valence electrons. The van der Waals surface area contributed by atoms with Crippen molar-refractivity contribution >= 4 is 39.6 Å². The van der Waals surface area contributed by atoms with Gasteiger partial charge in [0, 0.05) is 12.1 Å². The zero-order chi connectivity index (χ0) is 21.4. The van der Waals surface area contributed by atoms with Crippen LogP contribution < -0.4 is 11.1 Å². The van der Waals surface area contributed by atoms with E-state index in [-0.39, 0.29) is 24.1 Å². The minimum atomic E-state index is -0.270. The van der Waals surface area contributed by atoms with Gasteiger partial charge in [0.2, 0.25) is 5.91 Å². The summed E-state index contributed by atoms with van der Waals surface area (Å²) in [5, 5.41) is 2.87. The van der Waals surface area contributed by atoms with Crippen molar-refractivity contribution in [3.63, 3.8) is 0 Å². The predicted octanol–water partition coefficient (Wildman–Crippen LogP) is 2.65. The molecule has 0 atom stereocenters. The highest BCUT2D eigenvalue weighted by molar-refractivity contribution is 5.93. The van der Waals surface area contributed by atoms with Crippen molar-refractivity contribution in [1.29, 1.82) is 0 Å². The number of aromatic amines is 1. The van der Waals surface area contributed by atoms with Crippen LogP contribution in [0.15, 0.2) is 55.1 Å². The average Bonchev–Trinajstić information content (AvgIpc) is 3.34. The molecule has 5 rings (SSSR count). The summed E-state index contributed by atoms with van der Waals surface area (Å²) in [4.78, 5) is 32.5. The van der Waals surface area contributed by atoms with E-state index in [4.69, 9.17) is 5.73 Å². The molecule has 3 aromatic heterocycles. The smallest absolute Gasteiger partial charge is 0.244 e. The van der Waals surface area contributed by atoms with E-state index < -0.39 is 0 Å². The van der Waals surface area contributed by atoms with E-state index in [1.165, 1.54) is 24.8 Å². The standard InChI is InChI=1S/C21H17FN8O/c22-13-3-1-12(2-4-13)7-17-28-15-6-5-14(8-16(15)29-17)27-18(31)9-30-11-26-19-20(23)24-10-25-21(19)30/h1-6,8,10-11H,7,9H2,(H,27,31)(H,28,29)(H2,23,24,25). The van der Waals surface area contributed by atoms with Crippen LogP contribution in [0.4, 0.5) is 15.9 Å². The number of anilines is 2. The van der Waals surface area contributed by atoms with Crippen LogP contribution in [0.5, 0.6) is 0 Å². The lowest BCUT2D eigenvalue weighted by Crippen LogP contribution is -2.18. The molecule has 0 radical (unpaired) electrons. The second-order valence-electron chi connectivity index (χ2n) is 7.07. The van der Waals surface area contributed by atoms with E-state index in [9.17, 15) is 9.18 Å². The lowest BCUT2D eigenvalue weighted by Gasteiger charge is -2.06. The van der Waals surface area contributed by atoms with Gasteiger partial charge >= 0.3 is 0 Å². The molecule has 1 amide bonds. The zero-order valence-corrected chi connectivity index (χ0v) is 16.2. The van der Waals surface area contributed by atoms with Crippen molar-refractivity contribution in [2.75, 3.05) is 11.1 Å². The number of nitrogens with one attached hydrogen (secondary N) is 2. The lowest BCUT2D eigenvalue weighted by molar-refractivity contribution is -0.116. The number of H-pyrrole nitrogens is 1. The van der Waals surface area contributed by atoms with Gasteiger partial charge in [0.05, 0.1) is 17.4 Å². The van der Waals surface area contributed by atoms with Crippen LogP contribution in [0.25, 0.3) is 22.2 Å². The zero-order valence-electron chi connectivity index (χ0n) is 16.2. The molecule has 3 heterocycles. The first kappa shape index (κ1) is 18.7. The first-order valence-electron chi connectivity index (χ1n) is 9.49. The number of benzene rings is 2. The van der Waals surface area contributed by atoms with Gasteiger partial charge in [-0.15, -0.1) is 0 Å². The highest BCUT2D eigenvalue weighted by Gasteiger charge is 2.12. The Labute approximate surface area is 175 Å². The van der Waals surface area contributed by atoms with Gasteiger partial charge < -0.3 is 20.6 Å². The Morgan fingerprint density at radius 2 is 1.97 bits per heavy atom. The molecule has 4 N–H and O–H groups in total. The molecule has 0 saturated carbocycles. The Morgan fingerprint density at radius 3 is 2.81 bits per heavy atom. The van der Waals surface area contributed by atoms with Crippen LogP contribution >= 0.6 is 0 Å². The maximum atomic E-state index is 13.1. The second-order valence-corrected chi connectivity index (χ2v) is 7.07. The molecule has 10 heteroatoms. The fourth-order valence-electron chi connectivity index (χ4n) is 3.39. The quantitative estimate of drug-likeness (QED) is 0.404. The minimum Gasteiger partial charge on any atom is -0.382 e. The van der Waals surface area contributed by atoms with Gasteiger partial charge in [0.1, 0.15) is 30.0 Å². The third kappa shape index (κ3) is 3.78. The van der Waals surface area contributed by atoms with E-state index in [2.05, 4.69) is 30.2 Å². The number of fused-ring (bicyclic) bond motifs is 2. The first-order chi connectivity index (χ1) is 15.0. The molecular formula is C21H17FN8O. The average molecular weight is 416 g/mol. The highest BCUT2D eigenvalue weighted by atomic mass is 19.1. The van der Waals surface area contributed by atoms with Crippen LogP contribution in [0.3, 0.4) is 0 Å². The number of nitrogen functional groups attached to an aromatic ring is 1. The largest absolute Gasteiger partial charge is 0.382 e. The Morgan fingerprint density at radius 1 is 1.13 bits per heavy atom. The van der Waals surface area contributed by atoms with Crippen molar-refractivity contribution in [1.82, 2.24) is 29.5 Å². The monoisotopic (exact) mass is 416 g/mol. The van der Waals surface area contributed by atoms with Gasteiger partial charge in [-0.3, -0.25) is 4.79 Å². The number of hydrogen-bond donors (Lipinski definition) is 3. The van der Waals surface area contributed by atoms with Crippen molar-refractivity contribution in [3.05, 3.63) is 72.3 Å². The van der Waals surface area contributed by atoms with Crippen LogP contribution in [0.2, 0.25) is 0 Å². The molecule has 0 aliphatic rings. The Balaban J connectivity index is 1.31. The molecule has 2 aromatic carbocycles. The molecule has 0 aliphatic heterocycles. The molecular weight excluding hydrogens is 399 g/mol. The lowest BCUT2D eigenvalue weighted by atomic mass is 10.1. The number of carbonyl (C=O) groups is 1. The number of carbonyl (C=O) groups excluding carboxylic acids is 1. The molecule has 5 aromatic rings. The fraction of sp³-hybridized carbons (Fsp3) is 0.0952. The number of hydrogen-bond acceptors (Lipinski definition) is 6.